The van der Waals surface area contributed by atoms with Crippen LogP contribution in [0.1, 0.15) is 55.4 Å². The van der Waals surface area contributed by atoms with Gasteiger partial charge in [0.25, 0.3) is 0 Å². The van der Waals surface area contributed by atoms with E-state index in [1.807, 2.05) is 17.3 Å². The average molecular weight is 257 g/mol. The van der Waals surface area contributed by atoms with Crippen molar-refractivity contribution in [1.29, 1.82) is 0 Å². The molecule has 0 heterocycles. The van der Waals surface area contributed by atoms with E-state index in [2.05, 4.69) is 54.2 Å². The number of hydrogen-bond donors (Lipinski definition) is 0. The monoisotopic (exact) mass is 257 g/mol. The van der Waals surface area contributed by atoms with E-state index in [-0.39, 0.29) is 17.5 Å². The lowest BCUT2D eigenvalue weighted by molar-refractivity contribution is 0.322. The summed E-state index contributed by atoms with van der Waals surface area (Å²) in [5, 5.41) is 0. The summed E-state index contributed by atoms with van der Waals surface area (Å²) in [6, 6.07) is 0.532. The molecule has 0 fully saturated rings. The van der Waals surface area contributed by atoms with Gasteiger partial charge < -0.3 is 0 Å². The Morgan fingerprint density at radius 2 is 1.59 bits per heavy atom. The summed E-state index contributed by atoms with van der Waals surface area (Å²) in [4.78, 5) is 0.794. The van der Waals surface area contributed by atoms with E-state index < -0.39 is 11.0 Å². The molecule has 3 heteroatoms. The Hall–Kier alpha value is -0.370. The molecule has 0 aliphatic rings. The van der Waals surface area contributed by atoms with E-state index in [1.54, 1.807) is 0 Å². The van der Waals surface area contributed by atoms with Crippen molar-refractivity contribution in [3.05, 3.63) is 16.7 Å². The number of hydrogen-bond acceptors (Lipinski definition) is 1. The molecule has 0 aliphatic heterocycles. The van der Waals surface area contributed by atoms with Gasteiger partial charge in [0.15, 0.2) is 0 Å². The van der Waals surface area contributed by atoms with Crippen LogP contribution in [0, 0.1) is 5.41 Å². The van der Waals surface area contributed by atoms with Crippen LogP contribution in [-0.4, -0.2) is 20.6 Å². The first kappa shape index (κ1) is 16.6. The fraction of sp³-hybridized carbons (Fsp3) is 0.786. The van der Waals surface area contributed by atoms with Crippen molar-refractivity contribution < 1.29 is 4.21 Å². The zero-order chi connectivity index (χ0) is 13.8. The van der Waals surface area contributed by atoms with Crippen molar-refractivity contribution in [1.82, 2.24) is 4.31 Å². The van der Waals surface area contributed by atoms with Gasteiger partial charge in [0, 0.05) is 12.1 Å². The van der Waals surface area contributed by atoms with Gasteiger partial charge in [-0.3, -0.25) is 0 Å². The first-order chi connectivity index (χ1) is 7.56. The van der Waals surface area contributed by atoms with E-state index in [0.29, 0.717) is 0 Å². The van der Waals surface area contributed by atoms with Crippen molar-refractivity contribution in [3.8, 4) is 0 Å². The molecular formula is C14H27NOS. The lowest BCUT2D eigenvalue weighted by Gasteiger charge is -2.28. The highest BCUT2D eigenvalue weighted by Gasteiger charge is 2.21. The molecule has 0 saturated carbocycles. The van der Waals surface area contributed by atoms with Crippen molar-refractivity contribution in [2.75, 3.05) is 0 Å². The second kappa shape index (κ2) is 6.53. The Kier molecular flexibility index (Phi) is 6.39. The van der Waals surface area contributed by atoms with Crippen LogP contribution in [0.2, 0.25) is 0 Å². The molecule has 100 valence electrons. The summed E-state index contributed by atoms with van der Waals surface area (Å²) in [6.45, 7) is 16.5. The van der Waals surface area contributed by atoms with Crippen LogP contribution in [0.5, 0.6) is 0 Å². The van der Waals surface area contributed by atoms with E-state index in [0.717, 1.165) is 4.91 Å². The van der Waals surface area contributed by atoms with Crippen LogP contribution in [0.3, 0.4) is 0 Å². The molecule has 0 aliphatic carbocycles. The van der Waals surface area contributed by atoms with Gasteiger partial charge in [-0.25, -0.2) is 8.51 Å². The second-order valence-electron chi connectivity index (χ2n) is 6.01. The number of allylic oxidation sites excluding steroid dienone is 1. The molecule has 0 saturated heterocycles. The molecule has 1 atom stereocenters. The van der Waals surface area contributed by atoms with E-state index in [9.17, 15) is 4.21 Å². The van der Waals surface area contributed by atoms with Crippen LogP contribution in [0.25, 0.3) is 0 Å². The highest BCUT2D eigenvalue weighted by atomic mass is 32.2. The molecular weight excluding hydrogens is 230 g/mol. The van der Waals surface area contributed by atoms with Crippen molar-refractivity contribution in [2.24, 2.45) is 5.41 Å². The Bertz CT molecular complexity index is 323. The van der Waals surface area contributed by atoms with Crippen molar-refractivity contribution >= 4 is 11.0 Å². The van der Waals surface area contributed by atoms with Crippen LogP contribution in [-0.2, 0) is 11.0 Å². The summed E-state index contributed by atoms with van der Waals surface area (Å²) in [7, 11) is -1.09. The van der Waals surface area contributed by atoms with Gasteiger partial charge in [-0.1, -0.05) is 20.8 Å². The van der Waals surface area contributed by atoms with Crippen LogP contribution < -0.4 is 0 Å². The second-order valence-corrected chi connectivity index (χ2v) is 7.54. The third-order valence-electron chi connectivity index (χ3n) is 2.18. The molecule has 2 nitrogen and oxygen atoms in total. The lowest BCUT2D eigenvalue weighted by atomic mass is 9.97. The molecule has 0 spiro atoms. The van der Waals surface area contributed by atoms with Gasteiger partial charge in [0.1, 0.15) is 11.0 Å². The van der Waals surface area contributed by atoms with E-state index >= 15 is 0 Å². The Morgan fingerprint density at radius 1 is 1.18 bits per heavy atom. The minimum Gasteiger partial charge on any atom is -0.237 e. The standard InChI is InChI=1S/C14H27NOS/c1-11(2)15(12(3)4)17(16)13(5)9-10-14(6,7)8/h10-12H,1-8H3/t9?,17-/m1/s1. The zero-order valence-corrected chi connectivity index (χ0v) is 13.3. The van der Waals surface area contributed by atoms with Gasteiger partial charge >= 0.3 is 0 Å². The summed E-state index contributed by atoms with van der Waals surface area (Å²) in [6.07, 6.45) is 1.99. The molecule has 17 heavy (non-hydrogen) atoms. The average Bonchev–Trinajstić information content (AvgIpc) is 2.11. The molecule has 0 aromatic rings. The topological polar surface area (TPSA) is 20.3 Å². The predicted molar refractivity (Wildman–Crippen MR) is 77.0 cm³/mol. The van der Waals surface area contributed by atoms with Gasteiger partial charge in [-0.15, -0.1) is 5.73 Å². The quantitative estimate of drug-likeness (QED) is 0.700. The molecule has 0 aromatic carbocycles. The normalized spacial score (nSPS) is 14.1. The van der Waals surface area contributed by atoms with E-state index in [4.69, 9.17) is 0 Å². The highest BCUT2D eigenvalue weighted by Crippen LogP contribution is 2.17. The first-order valence-electron chi connectivity index (χ1n) is 6.21. The van der Waals surface area contributed by atoms with Crippen LogP contribution >= 0.6 is 0 Å². The molecule has 0 radical (unpaired) electrons. The third-order valence-corrected chi connectivity index (χ3v) is 4.05. The zero-order valence-electron chi connectivity index (χ0n) is 12.5. The first-order valence-corrected chi connectivity index (χ1v) is 7.31. The fourth-order valence-electron chi connectivity index (χ4n) is 1.51. The van der Waals surface area contributed by atoms with Gasteiger partial charge in [-0.2, -0.15) is 0 Å². The minimum atomic E-state index is -1.09. The Labute approximate surface area is 109 Å². The largest absolute Gasteiger partial charge is 0.237 e. The predicted octanol–water partition coefficient (Wildman–Crippen LogP) is 3.87. The summed E-state index contributed by atoms with van der Waals surface area (Å²) in [5.41, 5.74) is 3.24. The molecule has 0 rings (SSSR count). The molecule has 0 unspecified atom stereocenters. The van der Waals surface area contributed by atoms with Gasteiger partial charge in [0.05, 0.1) is 4.91 Å². The molecule has 0 bridgehead atoms. The van der Waals surface area contributed by atoms with Crippen molar-refractivity contribution in [3.63, 3.8) is 0 Å². The lowest BCUT2D eigenvalue weighted by Crippen LogP contribution is -2.38. The van der Waals surface area contributed by atoms with Crippen LogP contribution in [0.15, 0.2) is 16.7 Å². The molecule has 0 N–H and O–H groups in total. The number of rotatable bonds is 4. The van der Waals surface area contributed by atoms with Crippen LogP contribution in [0.4, 0.5) is 0 Å². The summed E-state index contributed by atoms with van der Waals surface area (Å²) >= 11 is 0. The third kappa shape index (κ3) is 6.21. The van der Waals surface area contributed by atoms with Gasteiger partial charge in [-0.05, 0) is 46.1 Å². The maximum absolute atomic E-state index is 12.4. The smallest absolute Gasteiger partial charge is 0.131 e. The maximum atomic E-state index is 12.4. The highest BCUT2D eigenvalue weighted by molar-refractivity contribution is 7.86. The maximum Gasteiger partial charge on any atom is 0.131 e. The van der Waals surface area contributed by atoms with E-state index in [1.165, 1.54) is 0 Å². The molecule has 0 amide bonds. The van der Waals surface area contributed by atoms with Gasteiger partial charge in [0.2, 0.25) is 0 Å². The minimum absolute atomic E-state index is 0.0753. The molecule has 0 aromatic heterocycles. The summed E-state index contributed by atoms with van der Waals surface area (Å²) < 4.78 is 14.4. The van der Waals surface area contributed by atoms with Crippen molar-refractivity contribution in [2.45, 2.75) is 67.5 Å². The summed E-state index contributed by atoms with van der Waals surface area (Å²) in [5.74, 6) is 0. The Balaban J connectivity index is 5.10. The SMILES string of the molecule is CC(=C=CC(C)(C)C)[S@@](=O)N(C(C)C)C(C)C. The fourth-order valence-corrected chi connectivity index (χ4v) is 2.75. The number of nitrogens with zero attached hydrogens (tertiary/aromatic N) is 1. The Morgan fingerprint density at radius 3 is 1.88 bits per heavy atom.